The first-order chi connectivity index (χ1) is 8.41. The molecule has 1 aromatic carbocycles. The maximum atomic E-state index is 11.8. The highest BCUT2D eigenvalue weighted by atomic mass is 32.2. The quantitative estimate of drug-likeness (QED) is 0.750. The van der Waals surface area contributed by atoms with Gasteiger partial charge in [0, 0.05) is 30.8 Å². The van der Waals surface area contributed by atoms with E-state index in [2.05, 4.69) is 5.92 Å². The number of nitrogens with zero attached hydrogens (tertiary/aromatic N) is 1. The molecule has 1 unspecified atom stereocenters. The first kappa shape index (κ1) is 12.7. The Morgan fingerprint density at radius 1 is 1.44 bits per heavy atom. The lowest BCUT2D eigenvalue weighted by Gasteiger charge is -2.16. The summed E-state index contributed by atoms with van der Waals surface area (Å²) < 4.78 is 22.9. The fraction of sp³-hybridized carbons (Fsp3) is 0.308. The van der Waals surface area contributed by atoms with Gasteiger partial charge in [0.1, 0.15) is 0 Å². The summed E-state index contributed by atoms with van der Waals surface area (Å²) in [5.41, 5.74) is 0.584. The van der Waals surface area contributed by atoms with Crippen LogP contribution in [0.2, 0.25) is 0 Å². The van der Waals surface area contributed by atoms with Crippen molar-refractivity contribution in [2.24, 2.45) is 5.92 Å². The molecule has 1 aliphatic heterocycles. The molecule has 0 aliphatic carbocycles. The summed E-state index contributed by atoms with van der Waals surface area (Å²) in [7, 11) is -3.27. The Morgan fingerprint density at radius 3 is 2.72 bits per heavy atom. The fourth-order valence-electron chi connectivity index (χ4n) is 1.95. The summed E-state index contributed by atoms with van der Waals surface area (Å²) in [6.07, 6.45) is 6.77. The van der Waals surface area contributed by atoms with Crippen molar-refractivity contribution in [3.8, 4) is 12.3 Å². The molecule has 1 fully saturated rings. The van der Waals surface area contributed by atoms with Crippen molar-refractivity contribution in [3.05, 3.63) is 24.3 Å². The first-order valence-electron chi connectivity index (χ1n) is 5.48. The molecule has 0 spiro atoms. The lowest BCUT2D eigenvalue weighted by Crippen LogP contribution is -2.24. The molecule has 4 nitrogen and oxygen atoms in total. The van der Waals surface area contributed by atoms with Crippen molar-refractivity contribution < 1.29 is 13.2 Å². The normalized spacial score (nSPS) is 19.9. The molecule has 18 heavy (non-hydrogen) atoms. The molecule has 1 aliphatic rings. The Labute approximate surface area is 107 Å². The van der Waals surface area contributed by atoms with Crippen molar-refractivity contribution in [3.63, 3.8) is 0 Å². The van der Waals surface area contributed by atoms with Crippen molar-refractivity contribution in [1.29, 1.82) is 0 Å². The van der Waals surface area contributed by atoms with Gasteiger partial charge in [0.2, 0.25) is 5.91 Å². The summed E-state index contributed by atoms with van der Waals surface area (Å²) in [6, 6.07) is 6.36. The fourth-order valence-corrected chi connectivity index (χ4v) is 2.61. The minimum Gasteiger partial charge on any atom is -0.311 e. The van der Waals surface area contributed by atoms with E-state index in [4.69, 9.17) is 6.42 Å². The SMILES string of the molecule is C#CC1CC(=O)N(c2cccc(S(C)(=O)=O)c2)C1. The van der Waals surface area contributed by atoms with Gasteiger partial charge in [-0.25, -0.2) is 8.42 Å². The lowest BCUT2D eigenvalue weighted by molar-refractivity contribution is -0.117. The second kappa shape index (κ2) is 4.46. The molecule has 0 radical (unpaired) electrons. The molecule has 1 aromatic rings. The van der Waals surface area contributed by atoms with Crippen molar-refractivity contribution in [1.82, 2.24) is 0 Å². The second-order valence-corrected chi connectivity index (χ2v) is 6.36. The summed E-state index contributed by atoms with van der Waals surface area (Å²) in [5.74, 6) is 2.39. The maximum absolute atomic E-state index is 11.8. The first-order valence-corrected chi connectivity index (χ1v) is 7.37. The van der Waals surface area contributed by atoms with Crippen LogP contribution in [0.3, 0.4) is 0 Å². The average Bonchev–Trinajstić information content (AvgIpc) is 2.70. The third-order valence-electron chi connectivity index (χ3n) is 2.92. The van der Waals surface area contributed by atoms with Crippen LogP contribution in [0.15, 0.2) is 29.2 Å². The van der Waals surface area contributed by atoms with Crippen molar-refractivity contribution >= 4 is 21.4 Å². The highest BCUT2D eigenvalue weighted by molar-refractivity contribution is 7.90. The number of rotatable bonds is 2. The molecule has 0 aromatic heterocycles. The molecule has 1 atom stereocenters. The van der Waals surface area contributed by atoms with Crippen LogP contribution in [0.25, 0.3) is 0 Å². The second-order valence-electron chi connectivity index (χ2n) is 4.34. The standard InChI is InChI=1S/C13H13NO3S/c1-3-10-7-13(15)14(9-10)11-5-4-6-12(8-11)18(2,16)17/h1,4-6,8,10H,7,9H2,2H3. The van der Waals surface area contributed by atoms with E-state index in [0.717, 1.165) is 6.26 Å². The van der Waals surface area contributed by atoms with Crippen LogP contribution >= 0.6 is 0 Å². The molecule has 0 saturated carbocycles. The number of benzene rings is 1. The Balaban J connectivity index is 2.36. The smallest absolute Gasteiger partial charge is 0.228 e. The number of amides is 1. The van der Waals surface area contributed by atoms with Crippen LogP contribution in [0.1, 0.15) is 6.42 Å². The highest BCUT2D eigenvalue weighted by Gasteiger charge is 2.29. The average molecular weight is 263 g/mol. The number of carbonyl (C=O) groups excluding carboxylic acids is 1. The van der Waals surface area contributed by atoms with Gasteiger partial charge < -0.3 is 4.90 Å². The van der Waals surface area contributed by atoms with Gasteiger partial charge in [0.05, 0.1) is 4.90 Å². The molecule has 1 saturated heterocycles. The number of carbonyl (C=O) groups is 1. The Bertz CT molecular complexity index is 628. The van der Waals surface area contributed by atoms with Crippen LogP contribution in [0.4, 0.5) is 5.69 Å². The highest BCUT2D eigenvalue weighted by Crippen LogP contribution is 2.26. The van der Waals surface area contributed by atoms with E-state index in [9.17, 15) is 13.2 Å². The number of hydrogen-bond donors (Lipinski definition) is 0. The largest absolute Gasteiger partial charge is 0.311 e. The van der Waals surface area contributed by atoms with E-state index >= 15 is 0 Å². The molecule has 0 bridgehead atoms. The predicted molar refractivity (Wildman–Crippen MR) is 68.8 cm³/mol. The summed E-state index contributed by atoms with van der Waals surface area (Å²) in [5, 5.41) is 0. The van der Waals surface area contributed by atoms with Gasteiger partial charge in [-0.05, 0) is 18.2 Å². The zero-order valence-electron chi connectivity index (χ0n) is 9.96. The van der Waals surface area contributed by atoms with E-state index in [0.29, 0.717) is 18.7 Å². The maximum Gasteiger partial charge on any atom is 0.228 e. The zero-order chi connectivity index (χ0) is 13.3. The number of sulfone groups is 1. The summed E-state index contributed by atoms with van der Waals surface area (Å²) in [6.45, 7) is 0.447. The minimum absolute atomic E-state index is 0.0661. The summed E-state index contributed by atoms with van der Waals surface area (Å²) >= 11 is 0. The molecule has 1 amide bonds. The van der Waals surface area contributed by atoms with Crippen LogP contribution < -0.4 is 4.90 Å². The molecule has 2 rings (SSSR count). The third-order valence-corrected chi connectivity index (χ3v) is 4.03. The van der Waals surface area contributed by atoms with Crippen LogP contribution in [-0.4, -0.2) is 27.1 Å². The van der Waals surface area contributed by atoms with E-state index in [1.807, 2.05) is 0 Å². The van der Waals surface area contributed by atoms with Crippen molar-refractivity contribution in [2.75, 3.05) is 17.7 Å². The topological polar surface area (TPSA) is 54.5 Å². The predicted octanol–water partition coefficient (Wildman–Crippen LogP) is 1.08. The van der Waals surface area contributed by atoms with Crippen LogP contribution in [-0.2, 0) is 14.6 Å². The zero-order valence-corrected chi connectivity index (χ0v) is 10.8. The van der Waals surface area contributed by atoms with Crippen molar-refractivity contribution in [2.45, 2.75) is 11.3 Å². The third kappa shape index (κ3) is 2.39. The Morgan fingerprint density at radius 2 is 2.17 bits per heavy atom. The molecule has 5 heteroatoms. The number of anilines is 1. The molecule has 94 valence electrons. The van der Waals surface area contributed by atoms with Gasteiger partial charge >= 0.3 is 0 Å². The van der Waals surface area contributed by atoms with E-state index in [-0.39, 0.29) is 16.7 Å². The van der Waals surface area contributed by atoms with Gasteiger partial charge in [-0.2, -0.15) is 0 Å². The van der Waals surface area contributed by atoms with E-state index in [1.165, 1.54) is 12.1 Å². The van der Waals surface area contributed by atoms with E-state index in [1.54, 1.807) is 17.0 Å². The lowest BCUT2D eigenvalue weighted by atomic mass is 10.1. The molecule has 1 heterocycles. The minimum atomic E-state index is -3.27. The van der Waals surface area contributed by atoms with Crippen LogP contribution in [0.5, 0.6) is 0 Å². The Hall–Kier alpha value is -1.80. The van der Waals surface area contributed by atoms with E-state index < -0.39 is 9.84 Å². The molecule has 0 N–H and O–H groups in total. The Kier molecular flexibility index (Phi) is 3.14. The van der Waals surface area contributed by atoms with Gasteiger partial charge in [-0.3, -0.25) is 4.79 Å². The monoisotopic (exact) mass is 263 g/mol. The summed E-state index contributed by atoms with van der Waals surface area (Å²) in [4.78, 5) is 13.5. The van der Waals surface area contributed by atoms with Crippen LogP contribution in [0, 0.1) is 18.3 Å². The molecular formula is C13H13NO3S. The van der Waals surface area contributed by atoms with Gasteiger partial charge in [-0.15, -0.1) is 12.3 Å². The number of terminal acetylenes is 1. The molecular weight excluding hydrogens is 250 g/mol. The number of hydrogen-bond acceptors (Lipinski definition) is 3. The van der Waals surface area contributed by atoms with Gasteiger partial charge in [0.15, 0.2) is 9.84 Å². The van der Waals surface area contributed by atoms with Gasteiger partial charge in [0.25, 0.3) is 0 Å². The van der Waals surface area contributed by atoms with Gasteiger partial charge in [-0.1, -0.05) is 6.07 Å².